The van der Waals surface area contributed by atoms with E-state index >= 15 is 0 Å². The van der Waals surface area contributed by atoms with Crippen LogP contribution in [0.3, 0.4) is 0 Å². The van der Waals surface area contributed by atoms with Crippen molar-refractivity contribution in [2.24, 2.45) is 0 Å². The molecule has 0 spiro atoms. The molecule has 2 rings (SSSR count). The van der Waals surface area contributed by atoms with Gasteiger partial charge in [0.25, 0.3) is 0 Å². The van der Waals surface area contributed by atoms with Crippen LogP contribution in [0.5, 0.6) is 0 Å². The van der Waals surface area contributed by atoms with E-state index in [-0.39, 0.29) is 0 Å². The summed E-state index contributed by atoms with van der Waals surface area (Å²) in [7, 11) is 0. The summed E-state index contributed by atoms with van der Waals surface area (Å²) < 4.78 is 0. The highest BCUT2D eigenvalue weighted by Gasteiger charge is 2.11. The Labute approximate surface area is 104 Å². The summed E-state index contributed by atoms with van der Waals surface area (Å²) in [6, 6.07) is 10.8. The molecule has 0 radical (unpaired) electrons. The zero-order chi connectivity index (χ0) is 12.3. The maximum Gasteiger partial charge on any atom is 0.0273 e. The van der Waals surface area contributed by atoms with Crippen molar-refractivity contribution < 1.29 is 0 Å². The van der Waals surface area contributed by atoms with Crippen LogP contribution in [-0.2, 0) is 6.42 Å². The summed E-state index contributed by atoms with van der Waals surface area (Å²) in [4.78, 5) is 4.09. The van der Waals surface area contributed by atoms with E-state index in [1.54, 1.807) is 0 Å². The second-order valence-corrected chi connectivity index (χ2v) is 4.62. The highest BCUT2D eigenvalue weighted by atomic mass is 14.6. The van der Waals surface area contributed by atoms with Crippen molar-refractivity contribution in [1.82, 2.24) is 4.98 Å². The second-order valence-electron chi connectivity index (χ2n) is 4.62. The van der Waals surface area contributed by atoms with E-state index < -0.39 is 0 Å². The molecule has 1 heterocycles. The van der Waals surface area contributed by atoms with Gasteiger partial charge in [0.05, 0.1) is 0 Å². The van der Waals surface area contributed by atoms with Gasteiger partial charge in [-0.25, -0.2) is 0 Å². The minimum absolute atomic E-state index is 0.550. The Bertz CT molecular complexity index is 486. The standard InChI is InChI=1S/C16H19N/c1-4-13-6-5-7-15(16(13)12(2)3)14-8-10-17-11-9-14/h5-12H,4H2,1-3H3. The lowest BCUT2D eigenvalue weighted by Gasteiger charge is -2.17. The normalized spacial score (nSPS) is 10.8. The third-order valence-electron chi connectivity index (χ3n) is 3.15. The predicted molar refractivity (Wildman–Crippen MR) is 73.1 cm³/mol. The van der Waals surface area contributed by atoms with Crippen LogP contribution in [0.25, 0.3) is 11.1 Å². The Morgan fingerprint density at radius 1 is 1.06 bits per heavy atom. The summed E-state index contributed by atoms with van der Waals surface area (Å²) in [6.07, 6.45) is 4.81. The largest absolute Gasteiger partial charge is 0.265 e. The predicted octanol–water partition coefficient (Wildman–Crippen LogP) is 4.43. The summed E-state index contributed by atoms with van der Waals surface area (Å²) >= 11 is 0. The van der Waals surface area contributed by atoms with Crippen molar-refractivity contribution in [3.05, 3.63) is 53.9 Å². The Balaban J connectivity index is 2.62. The molecular weight excluding hydrogens is 206 g/mol. The highest BCUT2D eigenvalue weighted by Crippen LogP contribution is 2.31. The van der Waals surface area contributed by atoms with Crippen LogP contribution in [0.15, 0.2) is 42.7 Å². The Morgan fingerprint density at radius 3 is 2.35 bits per heavy atom. The van der Waals surface area contributed by atoms with Crippen molar-refractivity contribution in [2.75, 3.05) is 0 Å². The van der Waals surface area contributed by atoms with Gasteiger partial charge in [0.2, 0.25) is 0 Å². The smallest absolute Gasteiger partial charge is 0.0273 e. The molecule has 0 unspecified atom stereocenters. The quantitative estimate of drug-likeness (QED) is 0.752. The molecule has 1 heteroatoms. The molecule has 0 atom stereocenters. The van der Waals surface area contributed by atoms with Gasteiger partial charge in [-0.05, 0) is 46.7 Å². The van der Waals surface area contributed by atoms with Gasteiger partial charge in [-0.15, -0.1) is 0 Å². The number of rotatable bonds is 3. The fraction of sp³-hybridized carbons (Fsp3) is 0.312. The lowest BCUT2D eigenvalue weighted by molar-refractivity contribution is 0.847. The SMILES string of the molecule is CCc1cccc(-c2ccncc2)c1C(C)C. The van der Waals surface area contributed by atoms with Crippen LogP contribution in [0.4, 0.5) is 0 Å². The van der Waals surface area contributed by atoms with Crippen LogP contribution in [-0.4, -0.2) is 4.98 Å². The monoisotopic (exact) mass is 225 g/mol. The first kappa shape index (κ1) is 11.8. The van der Waals surface area contributed by atoms with Crippen molar-refractivity contribution in [3.63, 3.8) is 0 Å². The van der Waals surface area contributed by atoms with Crippen LogP contribution >= 0.6 is 0 Å². The molecule has 0 N–H and O–H groups in total. The summed E-state index contributed by atoms with van der Waals surface area (Å²) in [5, 5.41) is 0. The Morgan fingerprint density at radius 2 is 1.76 bits per heavy atom. The van der Waals surface area contributed by atoms with Gasteiger partial charge in [-0.1, -0.05) is 39.0 Å². The van der Waals surface area contributed by atoms with Crippen LogP contribution < -0.4 is 0 Å². The van der Waals surface area contributed by atoms with Gasteiger partial charge < -0.3 is 0 Å². The van der Waals surface area contributed by atoms with Crippen molar-refractivity contribution in [1.29, 1.82) is 0 Å². The fourth-order valence-corrected chi connectivity index (χ4v) is 2.39. The number of hydrogen-bond donors (Lipinski definition) is 0. The molecule has 0 aliphatic heterocycles. The van der Waals surface area contributed by atoms with E-state index in [1.807, 2.05) is 12.4 Å². The van der Waals surface area contributed by atoms with E-state index in [9.17, 15) is 0 Å². The number of aryl methyl sites for hydroxylation is 1. The molecule has 0 saturated heterocycles. The van der Waals surface area contributed by atoms with Crippen LogP contribution in [0.1, 0.15) is 37.8 Å². The van der Waals surface area contributed by atoms with Gasteiger partial charge >= 0.3 is 0 Å². The van der Waals surface area contributed by atoms with Crippen molar-refractivity contribution in [3.8, 4) is 11.1 Å². The van der Waals surface area contributed by atoms with Crippen molar-refractivity contribution >= 4 is 0 Å². The number of hydrogen-bond acceptors (Lipinski definition) is 1. The average molecular weight is 225 g/mol. The first-order valence-corrected chi connectivity index (χ1v) is 6.26. The molecule has 2 aromatic rings. The summed E-state index contributed by atoms with van der Waals surface area (Å²) in [6.45, 7) is 6.75. The van der Waals surface area contributed by atoms with Gasteiger partial charge in [-0.3, -0.25) is 4.98 Å². The third-order valence-corrected chi connectivity index (χ3v) is 3.15. The molecule has 0 saturated carbocycles. The van der Waals surface area contributed by atoms with Crippen molar-refractivity contribution in [2.45, 2.75) is 33.1 Å². The fourth-order valence-electron chi connectivity index (χ4n) is 2.39. The molecule has 0 amide bonds. The molecule has 0 bridgehead atoms. The van der Waals surface area contributed by atoms with Gasteiger partial charge in [0.15, 0.2) is 0 Å². The third kappa shape index (κ3) is 2.38. The van der Waals surface area contributed by atoms with Crippen LogP contribution in [0, 0.1) is 0 Å². The molecule has 1 nitrogen and oxygen atoms in total. The Kier molecular flexibility index (Phi) is 3.58. The van der Waals surface area contributed by atoms with Gasteiger partial charge in [-0.2, -0.15) is 0 Å². The molecule has 0 aliphatic carbocycles. The zero-order valence-electron chi connectivity index (χ0n) is 10.8. The number of pyridine rings is 1. The lowest BCUT2D eigenvalue weighted by atomic mass is 9.88. The van der Waals surface area contributed by atoms with Crippen LogP contribution in [0.2, 0.25) is 0 Å². The summed E-state index contributed by atoms with van der Waals surface area (Å²) in [5.74, 6) is 0.550. The molecular formula is C16H19N. The first-order valence-electron chi connectivity index (χ1n) is 6.26. The zero-order valence-corrected chi connectivity index (χ0v) is 10.8. The maximum atomic E-state index is 4.09. The van der Waals surface area contributed by atoms with Gasteiger partial charge in [0, 0.05) is 12.4 Å². The molecule has 17 heavy (non-hydrogen) atoms. The van der Waals surface area contributed by atoms with E-state index in [0.717, 1.165) is 6.42 Å². The Hall–Kier alpha value is -1.63. The van der Waals surface area contributed by atoms with E-state index in [2.05, 4.69) is 56.1 Å². The minimum atomic E-state index is 0.550. The van der Waals surface area contributed by atoms with Gasteiger partial charge in [0.1, 0.15) is 0 Å². The average Bonchev–Trinajstić information content (AvgIpc) is 2.38. The highest BCUT2D eigenvalue weighted by molar-refractivity contribution is 5.69. The van der Waals surface area contributed by atoms with E-state index in [1.165, 1.54) is 22.3 Å². The first-order chi connectivity index (χ1) is 8.24. The molecule has 88 valence electrons. The van der Waals surface area contributed by atoms with E-state index in [4.69, 9.17) is 0 Å². The number of nitrogens with zero attached hydrogens (tertiary/aromatic N) is 1. The topological polar surface area (TPSA) is 12.9 Å². The number of aromatic nitrogens is 1. The molecule has 1 aromatic carbocycles. The molecule has 0 aliphatic rings. The minimum Gasteiger partial charge on any atom is -0.265 e. The summed E-state index contributed by atoms with van der Waals surface area (Å²) in [5.41, 5.74) is 5.54. The molecule has 0 fully saturated rings. The van der Waals surface area contributed by atoms with E-state index in [0.29, 0.717) is 5.92 Å². The second kappa shape index (κ2) is 5.13. The molecule has 1 aromatic heterocycles. The lowest BCUT2D eigenvalue weighted by Crippen LogP contribution is -1.98. The number of benzene rings is 1. The maximum absolute atomic E-state index is 4.09.